The zero-order valence-electron chi connectivity index (χ0n) is 13.5. The van der Waals surface area contributed by atoms with Crippen LogP contribution < -0.4 is 0 Å². The molecule has 0 unspecified atom stereocenters. The SMILES string of the molecule is CC(C)CCCCCOC(=O)CCCCCC(C)C. The van der Waals surface area contributed by atoms with Crippen molar-refractivity contribution in [2.24, 2.45) is 11.8 Å². The Morgan fingerprint density at radius 3 is 1.84 bits per heavy atom. The van der Waals surface area contributed by atoms with Gasteiger partial charge in [0, 0.05) is 6.42 Å². The first-order valence-electron chi connectivity index (χ1n) is 8.18. The van der Waals surface area contributed by atoms with Crippen LogP contribution >= 0.6 is 0 Å². The Balaban J connectivity index is 3.21. The van der Waals surface area contributed by atoms with E-state index in [1.54, 1.807) is 0 Å². The minimum atomic E-state index is -0.00611. The molecule has 0 saturated heterocycles. The molecular weight excluding hydrogens is 236 g/mol. The topological polar surface area (TPSA) is 26.3 Å². The van der Waals surface area contributed by atoms with Crippen LogP contribution in [0.2, 0.25) is 0 Å². The van der Waals surface area contributed by atoms with Crippen LogP contribution in [0.3, 0.4) is 0 Å². The number of hydrogen-bond donors (Lipinski definition) is 0. The molecule has 0 aromatic rings. The molecule has 0 saturated carbocycles. The maximum atomic E-state index is 11.5. The second kappa shape index (κ2) is 12.5. The molecule has 0 atom stereocenters. The molecule has 0 spiro atoms. The fourth-order valence-corrected chi connectivity index (χ4v) is 2.09. The third-order valence-corrected chi connectivity index (χ3v) is 3.35. The van der Waals surface area contributed by atoms with Crippen molar-refractivity contribution in [3.8, 4) is 0 Å². The number of rotatable bonds is 12. The molecule has 0 amide bonds. The average molecular weight is 270 g/mol. The van der Waals surface area contributed by atoms with Crippen molar-refractivity contribution in [1.29, 1.82) is 0 Å². The molecule has 0 aromatic carbocycles. The summed E-state index contributed by atoms with van der Waals surface area (Å²) in [5.74, 6) is 1.56. The predicted octanol–water partition coefficient (Wildman–Crippen LogP) is 5.35. The van der Waals surface area contributed by atoms with Gasteiger partial charge in [-0.05, 0) is 24.7 Å². The highest BCUT2D eigenvalue weighted by Crippen LogP contribution is 2.10. The summed E-state index contributed by atoms with van der Waals surface area (Å²) in [6.07, 6.45) is 9.98. The van der Waals surface area contributed by atoms with Gasteiger partial charge < -0.3 is 4.74 Å². The molecule has 0 bridgehead atoms. The Morgan fingerprint density at radius 1 is 0.789 bits per heavy atom. The molecule has 0 aliphatic rings. The molecule has 0 fully saturated rings. The molecule has 0 radical (unpaired) electrons. The summed E-state index contributed by atoms with van der Waals surface area (Å²) < 4.78 is 5.24. The smallest absolute Gasteiger partial charge is 0.305 e. The number of carbonyl (C=O) groups excluding carboxylic acids is 1. The van der Waals surface area contributed by atoms with Gasteiger partial charge in [0.15, 0.2) is 0 Å². The van der Waals surface area contributed by atoms with E-state index >= 15 is 0 Å². The average Bonchev–Trinajstić information content (AvgIpc) is 2.32. The minimum absolute atomic E-state index is 0.00611. The summed E-state index contributed by atoms with van der Waals surface area (Å²) >= 11 is 0. The summed E-state index contributed by atoms with van der Waals surface area (Å²) in [6.45, 7) is 9.60. The summed E-state index contributed by atoms with van der Waals surface area (Å²) in [4.78, 5) is 11.5. The van der Waals surface area contributed by atoms with Crippen LogP contribution in [-0.4, -0.2) is 12.6 Å². The highest BCUT2D eigenvalue weighted by atomic mass is 16.5. The molecule has 0 N–H and O–H groups in total. The summed E-state index contributed by atoms with van der Waals surface area (Å²) in [7, 11) is 0. The van der Waals surface area contributed by atoms with Crippen LogP contribution in [0, 0.1) is 11.8 Å². The van der Waals surface area contributed by atoms with Crippen LogP contribution in [-0.2, 0) is 9.53 Å². The van der Waals surface area contributed by atoms with E-state index in [0.717, 1.165) is 31.1 Å². The molecule has 0 heterocycles. The van der Waals surface area contributed by atoms with Crippen molar-refractivity contribution in [3.05, 3.63) is 0 Å². The van der Waals surface area contributed by atoms with Gasteiger partial charge in [0.1, 0.15) is 0 Å². The zero-order chi connectivity index (χ0) is 14.5. The third-order valence-electron chi connectivity index (χ3n) is 3.35. The standard InChI is InChI=1S/C17H34O2/c1-15(2)11-7-5-9-13-17(18)19-14-10-6-8-12-16(3)4/h15-16H,5-14H2,1-4H3. The molecule has 2 heteroatoms. The highest BCUT2D eigenvalue weighted by Gasteiger charge is 2.03. The summed E-state index contributed by atoms with van der Waals surface area (Å²) in [5, 5.41) is 0. The highest BCUT2D eigenvalue weighted by molar-refractivity contribution is 5.69. The van der Waals surface area contributed by atoms with Crippen molar-refractivity contribution in [1.82, 2.24) is 0 Å². The first-order valence-corrected chi connectivity index (χ1v) is 8.18. The lowest BCUT2D eigenvalue weighted by atomic mass is 10.0. The largest absolute Gasteiger partial charge is 0.466 e. The van der Waals surface area contributed by atoms with Crippen LogP contribution in [0.25, 0.3) is 0 Å². The van der Waals surface area contributed by atoms with Gasteiger partial charge in [0.2, 0.25) is 0 Å². The Labute approximate surface area is 120 Å². The zero-order valence-corrected chi connectivity index (χ0v) is 13.5. The lowest BCUT2D eigenvalue weighted by Gasteiger charge is -2.06. The molecule has 0 rings (SSSR count). The van der Waals surface area contributed by atoms with E-state index in [1.165, 1.54) is 32.1 Å². The van der Waals surface area contributed by atoms with E-state index in [2.05, 4.69) is 27.7 Å². The van der Waals surface area contributed by atoms with E-state index in [1.807, 2.05) is 0 Å². The number of hydrogen-bond acceptors (Lipinski definition) is 2. The second-order valence-electron chi connectivity index (χ2n) is 6.46. The lowest BCUT2D eigenvalue weighted by molar-refractivity contribution is -0.143. The van der Waals surface area contributed by atoms with E-state index in [4.69, 9.17) is 4.74 Å². The lowest BCUT2D eigenvalue weighted by Crippen LogP contribution is -2.05. The molecule has 19 heavy (non-hydrogen) atoms. The van der Waals surface area contributed by atoms with E-state index in [9.17, 15) is 4.79 Å². The van der Waals surface area contributed by atoms with Crippen molar-refractivity contribution >= 4 is 5.97 Å². The van der Waals surface area contributed by atoms with Gasteiger partial charge in [0.05, 0.1) is 6.61 Å². The van der Waals surface area contributed by atoms with Crippen LogP contribution in [0.15, 0.2) is 0 Å². The second-order valence-corrected chi connectivity index (χ2v) is 6.46. The van der Waals surface area contributed by atoms with Gasteiger partial charge in [0.25, 0.3) is 0 Å². The molecular formula is C17H34O2. The quantitative estimate of drug-likeness (QED) is 0.353. The molecule has 2 nitrogen and oxygen atoms in total. The number of unbranched alkanes of at least 4 members (excludes halogenated alkanes) is 4. The van der Waals surface area contributed by atoms with Crippen molar-refractivity contribution in [2.45, 2.75) is 85.5 Å². The monoisotopic (exact) mass is 270 g/mol. The van der Waals surface area contributed by atoms with E-state index in [0.29, 0.717) is 13.0 Å². The number of ether oxygens (including phenoxy) is 1. The Kier molecular flexibility index (Phi) is 12.2. The first-order chi connectivity index (χ1) is 9.02. The van der Waals surface area contributed by atoms with Crippen LogP contribution in [0.5, 0.6) is 0 Å². The van der Waals surface area contributed by atoms with Gasteiger partial charge in [-0.3, -0.25) is 4.79 Å². The molecule has 0 aromatic heterocycles. The molecule has 114 valence electrons. The van der Waals surface area contributed by atoms with E-state index < -0.39 is 0 Å². The molecule has 0 aliphatic carbocycles. The fraction of sp³-hybridized carbons (Fsp3) is 0.941. The van der Waals surface area contributed by atoms with Gasteiger partial charge in [-0.15, -0.1) is 0 Å². The van der Waals surface area contributed by atoms with Crippen LogP contribution in [0.4, 0.5) is 0 Å². The summed E-state index contributed by atoms with van der Waals surface area (Å²) in [6, 6.07) is 0. The Bertz CT molecular complexity index is 209. The Hall–Kier alpha value is -0.530. The maximum absolute atomic E-state index is 11.5. The normalized spacial score (nSPS) is 11.3. The predicted molar refractivity (Wildman–Crippen MR) is 82.2 cm³/mol. The third kappa shape index (κ3) is 15.4. The van der Waals surface area contributed by atoms with Crippen molar-refractivity contribution in [3.63, 3.8) is 0 Å². The van der Waals surface area contributed by atoms with Crippen LogP contribution in [0.1, 0.15) is 85.5 Å². The molecule has 0 aliphatic heterocycles. The van der Waals surface area contributed by atoms with Gasteiger partial charge in [-0.1, -0.05) is 66.2 Å². The van der Waals surface area contributed by atoms with Crippen molar-refractivity contribution in [2.75, 3.05) is 6.61 Å². The van der Waals surface area contributed by atoms with E-state index in [-0.39, 0.29) is 5.97 Å². The minimum Gasteiger partial charge on any atom is -0.466 e. The fourth-order valence-electron chi connectivity index (χ4n) is 2.09. The number of esters is 1. The summed E-state index contributed by atoms with van der Waals surface area (Å²) in [5.41, 5.74) is 0. The van der Waals surface area contributed by atoms with Gasteiger partial charge >= 0.3 is 5.97 Å². The maximum Gasteiger partial charge on any atom is 0.305 e. The first kappa shape index (κ1) is 18.5. The Morgan fingerprint density at radius 2 is 1.32 bits per heavy atom. The number of carbonyl (C=O) groups is 1. The van der Waals surface area contributed by atoms with Gasteiger partial charge in [-0.2, -0.15) is 0 Å². The van der Waals surface area contributed by atoms with Gasteiger partial charge in [-0.25, -0.2) is 0 Å². The van der Waals surface area contributed by atoms with Crippen molar-refractivity contribution < 1.29 is 9.53 Å².